The maximum atomic E-state index is 12.4. The van der Waals surface area contributed by atoms with Gasteiger partial charge in [-0.3, -0.25) is 4.79 Å². The molecule has 3 aliphatic rings. The minimum absolute atomic E-state index is 0.442. The van der Waals surface area contributed by atoms with Gasteiger partial charge in [-0.15, -0.1) is 0 Å². The summed E-state index contributed by atoms with van der Waals surface area (Å²) in [5, 5.41) is 3.40. The summed E-state index contributed by atoms with van der Waals surface area (Å²) in [6.45, 7) is 4.41. The van der Waals surface area contributed by atoms with Crippen molar-refractivity contribution in [3.63, 3.8) is 0 Å². The molecule has 2 aliphatic carbocycles. The van der Waals surface area contributed by atoms with Gasteiger partial charge >= 0.3 is 0 Å². The Labute approximate surface area is 117 Å². The zero-order chi connectivity index (χ0) is 13.1. The smallest absolute Gasteiger partial charge is 0.222 e. The molecule has 0 aromatic rings. The van der Waals surface area contributed by atoms with Crippen molar-refractivity contribution in [3.05, 3.63) is 0 Å². The summed E-state index contributed by atoms with van der Waals surface area (Å²) in [6, 6.07) is 0. The summed E-state index contributed by atoms with van der Waals surface area (Å²) in [6.07, 6.45) is 9.84. The molecule has 1 amide bonds. The summed E-state index contributed by atoms with van der Waals surface area (Å²) in [4.78, 5) is 14.6. The van der Waals surface area contributed by atoms with Gasteiger partial charge in [0, 0.05) is 19.5 Å². The van der Waals surface area contributed by atoms with Crippen LogP contribution in [0.5, 0.6) is 0 Å². The summed E-state index contributed by atoms with van der Waals surface area (Å²) in [5.41, 5.74) is 0. The Morgan fingerprint density at radius 1 is 0.895 bits per heavy atom. The van der Waals surface area contributed by atoms with E-state index in [1.807, 2.05) is 0 Å². The highest BCUT2D eigenvalue weighted by molar-refractivity contribution is 5.76. The third-order valence-electron chi connectivity index (χ3n) is 4.93. The number of hydrogen-bond donors (Lipinski definition) is 1. The fourth-order valence-corrected chi connectivity index (χ4v) is 3.16. The van der Waals surface area contributed by atoms with E-state index in [1.165, 1.54) is 38.5 Å². The predicted octanol–water partition coefficient (Wildman–Crippen LogP) is 2.41. The van der Waals surface area contributed by atoms with E-state index in [2.05, 4.69) is 10.2 Å². The Balaban J connectivity index is 1.42. The summed E-state index contributed by atoms with van der Waals surface area (Å²) >= 11 is 0. The van der Waals surface area contributed by atoms with Crippen LogP contribution in [-0.2, 0) is 4.79 Å². The molecule has 0 aromatic heterocycles. The molecule has 0 bridgehead atoms. The lowest BCUT2D eigenvalue weighted by Crippen LogP contribution is -2.35. The van der Waals surface area contributed by atoms with Crippen molar-refractivity contribution in [2.75, 3.05) is 26.2 Å². The van der Waals surface area contributed by atoms with Crippen LogP contribution in [0, 0.1) is 17.8 Å². The Hall–Kier alpha value is -0.570. The molecule has 19 heavy (non-hydrogen) atoms. The minimum atomic E-state index is 0.442. The van der Waals surface area contributed by atoms with Crippen LogP contribution < -0.4 is 5.32 Å². The molecule has 1 aliphatic heterocycles. The highest BCUT2D eigenvalue weighted by Gasteiger charge is 2.31. The van der Waals surface area contributed by atoms with E-state index in [1.54, 1.807) is 0 Å². The number of piperidine rings is 1. The molecule has 0 aromatic carbocycles. The fourth-order valence-electron chi connectivity index (χ4n) is 3.16. The topological polar surface area (TPSA) is 32.3 Å². The van der Waals surface area contributed by atoms with E-state index >= 15 is 0 Å². The number of carbonyl (C=O) groups excluding carboxylic acids is 1. The van der Waals surface area contributed by atoms with Crippen molar-refractivity contribution in [1.29, 1.82) is 0 Å². The fraction of sp³-hybridized carbons (Fsp3) is 0.938. The van der Waals surface area contributed by atoms with Crippen LogP contribution in [0.25, 0.3) is 0 Å². The van der Waals surface area contributed by atoms with Crippen molar-refractivity contribution in [1.82, 2.24) is 10.2 Å². The van der Waals surface area contributed by atoms with E-state index in [-0.39, 0.29) is 0 Å². The largest absolute Gasteiger partial charge is 0.342 e. The van der Waals surface area contributed by atoms with Crippen LogP contribution in [0.15, 0.2) is 0 Å². The van der Waals surface area contributed by atoms with Crippen LogP contribution in [0.1, 0.15) is 51.4 Å². The number of rotatable bonds is 7. The third-order valence-corrected chi connectivity index (χ3v) is 4.93. The molecule has 108 valence electrons. The van der Waals surface area contributed by atoms with Crippen LogP contribution in [0.3, 0.4) is 0 Å². The molecule has 2 saturated carbocycles. The second kappa shape index (κ2) is 6.25. The standard InChI is InChI=1S/C16H28N2O/c19-16(6-5-13-7-9-17-10-8-13)18(11-14-1-2-14)12-15-3-4-15/h13-15,17H,1-12H2. The molecule has 0 atom stereocenters. The molecule has 0 spiro atoms. The van der Waals surface area contributed by atoms with Gasteiger partial charge in [0.2, 0.25) is 5.91 Å². The highest BCUT2D eigenvalue weighted by atomic mass is 16.2. The molecule has 3 rings (SSSR count). The van der Waals surface area contributed by atoms with Gasteiger partial charge < -0.3 is 10.2 Å². The van der Waals surface area contributed by atoms with Crippen molar-refractivity contribution in [3.8, 4) is 0 Å². The van der Waals surface area contributed by atoms with Crippen LogP contribution >= 0.6 is 0 Å². The van der Waals surface area contributed by atoms with Gasteiger partial charge in [-0.1, -0.05) is 0 Å². The quantitative estimate of drug-likeness (QED) is 0.766. The van der Waals surface area contributed by atoms with Gasteiger partial charge in [0.25, 0.3) is 0 Å². The van der Waals surface area contributed by atoms with Crippen LogP contribution in [0.4, 0.5) is 0 Å². The number of hydrogen-bond acceptors (Lipinski definition) is 2. The zero-order valence-corrected chi connectivity index (χ0v) is 12.1. The van der Waals surface area contributed by atoms with E-state index in [9.17, 15) is 4.79 Å². The summed E-state index contributed by atoms with van der Waals surface area (Å²) in [5.74, 6) is 2.90. The van der Waals surface area contributed by atoms with E-state index in [0.29, 0.717) is 5.91 Å². The molecular formula is C16H28N2O. The van der Waals surface area contributed by atoms with E-state index in [0.717, 1.165) is 56.8 Å². The number of amides is 1. The van der Waals surface area contributed by atoms with Gasteiger partial charge in [-0.05, 0) is 75.8 Å². The highest BCUT2D eigenvalue weighted by Crippen LogP contribution is 2.34. The summed E-state index contributed by atoms with van der Waals surface area (Å²) in [7, 11) is 0. The molecule has 1 N–H and O–H groups in total. The average Bonchev–Trinajstić information content (AvgIpc) is 3.31. The van der Waals surface area contributed by atoms with Crippen molar-refractivity contribution < 1.29 is 4.79 Å². The molecule has 0 unspecified atom stereocenters. The van der Waals surface area contributed by atoms with Crippen molar-refractivity contribution in [2.45, 2.75) is 51.4 Å². The number of nitrogens with zero attached hydrogens (tertiary/aromatic N) is 1. The first kappa shape index (κ1) is 13.4. The maximum Gasteiger partial charge on any atom is 0.222 e. The molecule has 3 nitrogen and oxygen atoms in total. The molecular weight excluding hydrogens is 236 g/mol. The monoisotopic (exact) mass is 264 g/mol. The van der Waals surface area contributed by atoms with Gasteiger partial charge in [0.15, 0.2) is 0 Å². The first-order valence-corrected chi connectivity index (χ1v) is 8.30. The first-order chi connectivity index (χ1) is 9.31. The minimum Gasteiger partial charge on any atom is -0.342 e. The Morgan fingerprint density at radius 2 is 1.47 bits per heavy atom. The average molecular weight is 264 g/mol. The van der Waals surface area contributed by atoms with Gasteiger partial charge in [-0.2, -0.15) is 0 Å². The molecule has 1 heterocycles. The Kier molecular flexibility index (Phi) is 4.42. The van der Waals surface area contributed by atoms with Gasteiger partial charge in [0.05, 0.1) is 0 Å². The normalized spacial score (nSPS) is 24.4. The van der Waals surface area contributed by atoms with E-state index in [4.69, 9.17) is 0 Å². The number of nitrogens with one attached hydrogen (secondary N) is 1. The predicted molar refractivity (Wildman–Crippen MR) is 76.9 cm³/mol. The second-order valence-corrected chi connectivity index (χ2v) is 6.92. The van der Waals surface area contributed by atoms with Crippen LogP contribution in [0.2, 0.25) is 0 Å². The second-order valence-electron chi connectivity index (χ2n) is 6.92. The molecule has 0 radical (unpaired) electrons. The lowest BCUT2D eigenvalue weighted by molar-refractivity contribution is -0.132. The molecule has 1 saturated heterocycles. The van der Waals surface area contributed by atoms with Crippen LogP contribution in [-0.4, -0.2) is 37.0 Å². The first-order valence-electron chi connectivity index (χ1n) is 8.30. The zero-order valence-electron chi connectivity index (χ0n) is 12.1. The van der Waals surface area contributed by atoms with Crippen molar-refractivity contribution >= 4 is 5.91 Å². The number of carbonyl (C=O) groups is 1. The Morgan fingerprint density at radius 3 is 2.00 bits per heavy atom. The lowest BCUT2D eigenvalue weighted by Gasteiger charge is -2.26. The third kappa shape index (κ3) is 4.48. The van der Waals surface area contributed by atoms with Gasteiger partial charge in [0.1, 0.15) is 0 Å². The summed E-state index contributed by atoms with van der Waals surface area (Å²) < 4.78 is 0. The molecule has 3 heteroatoms. The maximum absolute atomic E-state index is 12.4. The Bertz CT molecular complexity index is 290. The lowest BCUT2D eigenvalue weighted by atomic mass is 9.93. The van der Waals surface area contributed by atoms with E-state index < -0.39 is 0 Å². The van der Waals surface area contributed by atoms with Crippen molar-refractivity contribution in [2.24, 2.45) is 17.8 Å². The SMILES string of the molecule is O=C(CCC1CCNCC1)N(CC1CC1)CC1CC1. The molecule has 3 fully saturated rings. The van der Waals surface area contributed by atoms with Gasteiger partial charge in [-0.25, -0.2) is 0 Å².